The molecular weight excluding hydrogens is 356 g/mol. The Hall–Kier alpha value is -2.25. The van der Waals surface area contributed by atoms with Crippen LogP contribution in [0.1, 0.15) is 92.4 Å². The first kappa shape index (κ1) is 29.5. The van der Waals surface area contributed by atoms with Crippen LogP contribution in [0.15, 0.2) is 0 Å². The second kappa shape index (κ2) is 21.8. The highest BCUT2D eigenvalue weighted by Crippen LogP contribution is 2.00. The molecule has 0 aliphatic carbocycles. The lowest BCUT2D eigenvalue weighted by Crippen LogP contribution is -2.11. The van der Waals surface area contributed by atoms with Crippen LogP contribution in [0.2, 0.25) is 0 Å². The van der Waals surface area contributed by atoms with Crippen LogP contribution >= 0.6 is 0 Å². The Balaban J connectivity index is -0.000000350. The van der Waals surface area contributed by atoms with Gasteiger partial charge in [0.15, 0.2) is 0 Å². The summed E-state index contributed by atoms with van der Waals surface area (Å²) in [5, 5.41) is 8.04. The topological polar surface area (TPSA) is 124 Å². The summed E-state index contributed by atoms with van der Waals surface area (Å²) in [5.41, 5.74) is 0. The summed E-state index contributed by atoms with van der Waals surface area (Å²) in [4.78, 5) is 51.2. The molecule has 0 saturated carbocycles. The van der Waals surface area contributed by atoms with E-state index in [4.69, 9.17) is 5.11 Å². The van der Waals surface area contributed by atoms with Gasteiger partial charge >= 0.3 is 29.8 Å². The molecule has 0 bridgehead atoms. The van der Waals surface area contributed by atoms with E-state index in [1.165, 1.54) is 13.8 Å². The van der Waals surface area contributed by atoms with Crippen LogP contribution in [0, 0.1) is 0 Å². The maximum atomic E-state index is 10.9. The predicted molar refractivity (Wildman–Crippen MR) is 99.8 cm³/mol. The van der Waals surface area contributed by atoms with Gasteiger partial charge in [0.05, 0.1) is 0 Å². The number of hydrogen-bond donors (Lipinski definition) is 1. The van der Waals surface area contributed by atoms with E-state index < -0.39 is 17.9 Å². The molecule has 8 nitrogen and oxygen atoms in total. The maximum Gasteiger partial charge on any atom is 0.313 e. The van der Waals surface area contributed by atoms with Gasteiger partial charge in [0.1, 0.15) is 0 Å². The van der Waals surface area contributed by atoms with Gasteiger partial charge in [-0.3, -0.25) is 24.0 Å². The predicted octanol–water partition coefficient (Wildman–Crippen LogP) is 3.79. The summed E-state index contributed by atoms with van der Waals surface area (Å²) >= 11 is 0. The zero-order chi connectivity index (χ0) is 21.7. The lowest BCUT2D eigenvalue weighted by molar-refractivity contribution is -0.160. The van der Waals surface area contributed by atoms with Crippen molar-refractivity contribution in [3.05, 3.63) is 0 Å². The molecule has 27 heavy (non-hydrogen) atoms. The van der Waals surface area contributed by atoms with Crippen molar-refractivity contribution < 1.29 is 38.6 Å². The van der Waals surface area contributed by atoms with Gasteiger partial charge in [-0.1, -0.05) is 40.0 Å². The smallest absolute Gasteiger partial charge is 0.313 e. The minimum Gasteiger partial charge on any atom is -0.481 e. The third-order valence-corrected chi connectivity index (χ3v) is 2.73. The Kier molecular flexibility index (Phi) is 23.8. The molecule has 0 amide bonds. The number of carboxylic acids is 1. The van der Waals surface area contributed by atoms with Gasteiger partial charge in [0, 0.05) is 33.1 Å². The number of unbranched alkanes of at least 4 members (excludes halogenated alkanes) is 3. The Morgan fingerprint density at radius 2 is 0.963 bits per heavy atom. The standard InChI is InChI=1S/C10H18O3.C5H10O2.C4H6O3/c1-3-5-7-9(11)13-10(12)8-6-4-2;1-2-3-4-5(6)7;1-3(5)7-4(2)6/h3-8H2,1-2H3;2-4H2,1H3,(H,6,7);1-2H3. The molecule has 0 rings (SSSR count). The zero-order valence-electron chi connectivity index (χ0n) is 17.2. The first-order chi connectivity index (χ1) is 12.6. The molecular formula is C19H34O8. The Bertz CT molecular complexity index is 413. The van der Waals surface area contributed by atoms with E-state index in [9.17, 15) is 24.0 Å². The van der Waals surface area contributed by atoms with Gasteiger partial charge in [-0.15, -0.1) is 0 Å². The summed E-state index contributed by atoms with van der Waals surface area (Å²) < 4.78 is 8.55. The number of carbonyl (C=O) groups excluding carboxylic acids is 4. The number of ether oxygens (including phenoxy) is 2. The van der Waals surface area contributed by atoms with Crippen LogP contribution in [-0.2, 0) is 33.4 Å². The fourth-order valence-corrected chi connectivity index (χ4v) is 1.40. The van der Waals surface area contributed by atoms with Crippen LogP contribution in [0.25, 0.3) is 0 Å². The molecule has 0 aromatic rings. The summed E-state index contributed by atoms with van der Waals surface area (Å²) in [6, 6.07) is 0. The van der Waals surface area contributed by atoms with Crippen LogP contribution < -0.4 is 0 Å². The fourth-order valence-electron chi connectivity index (χ4n) is 1.40. The van der Waals surface area contributed by atoms with E-state index in [1.54, 1.807) is 0 Å². The molecule has 0 atom stereocenters. The number of carbonyl (C=O) groups is 5. The van der Waals surface area contributed by atoms with Gasteiger partial charge in [0.2, 0.25) is 0 Å². The van der Waals surface area contributed by atoms with E-state index >= 15 is 0 Å². The van der Waals surface area contributed by atoms with Crippen molar-refractivity contribution >= 4 is 29.8 Å². The average molecular weight is 390 g/mol. The molecule has 0 unspecified atom stereocenters. The Morgan fingerprint density at radius 3 is 1.15 bits per heavy atom. The second-order valence-corrected chi connectivity index (χ2v) is 5.64. The molecule has 0 aromatic heterocycles. The van der Waals surface area contributed by atoms with E-state index in [0.717, 1.165) is 38.5 Å². The van der Waals surface area contributed by atoms with Crippen molar-refractivity contribution in [2.45, 2.75) is 92.4 Å². The third-order valence-electron chi connectivity index (χ3n) is 2.73. The lowest BCUT2D eigenvalue weighted by Gasteiger charge is -2.00. The normalized spacial score (nSPS) is 8.93. The summed E-state index contributed by atoms with van der Waals surface area (Å²) in [6.07, 6.45) is 6.26. The molecule has 8 heteroatoms. The number of carboxylic acid groups (broad SMARTS) is 1. The Morgan fingerprint density at radius 1 is 0.630 bits per heavy atom. The Labute approximate surface area is 161 Å². The zero-order valence-corrected chi connectivity index (χ0v) is 17.2. The first-order valence-corrected chi connectivity index (χ1v) is 9.24. The minimum atomic E-state index is -0.693. The second-order valence-electron chi connectivity index (χ2n) is 5.64. The summed E-state index contributed by atoms with van der Waals surface area (Å²) in [6.45, 7) is 8.32. The monoisotopic (exact) mass is 390 g/mol. The van der Waals surface area contributed by atoms with Gasteiger partial charge in [-0.25, -0.2) is 0 Å². The first-order valence-electron chi connectivity index (χ1n) is 9.24. The van der Waals surface area contributed by atoms with Crippen molar-refractivity contribution in [1.29, 1.82) is 0 Å². The lowest BCUT2D eigenvalue weighted by atomic mass is 10.2. The van der Waals surface area contributed by atoms with Crippen molar-refractivity contribution in [3.63, 3.8) is 0 Å². The van der Waals surface area contributed by atoms with Gasteiger partial charge < -0.3 is 14.6 Å². The molecule has 0 aliphatic rings. The molecule has 0 radical (unpaired) electrons. The molecule has 0 aliphatic heterocycles. The van der Waals surface area contributed by atoms with Gasteiger partial charge in [-0.2, -0.15) is 0 Å². The van der Waals surface area contributed by atoms with Crippen LogP contribution in [0.3, 0.4) is 0 Å². The summed E-state index contributed by atoms with van der Waals surface area (Å²) in [5.74, 6) is -2.59. The number of esters is 4. The molecule has 158 valence electrons. The summed E-state index contributed by atoms with van der Waals surface area (Å²) in [7, 11) is 0. The average Bonchev–Trinajstić information content (AvgIpc) is 2.56. The molecule has 0 aromatic carbocycles. The van der Waals surface area contributed by atoms with Crippen molar-refractivity contribution in [2.24, 2.45) is 0 Å². The van der Waals surface area contributed by atoms with Crippen molar-refractivity contribution in [3.8, 4) is 0 Å². The van der Waals surface area contributed by atoms with Crippen LogP contribution in [0.4, 0.5) is 0 Å². The largest absolute Gasteiger partial charge is 0.481 e. The fraction of sp³-hybridized carbons (Fsp3) is 0.737. The minimum absolute atomic E-state index is 0.316. The molecule has 0 fully saturated rings. The quantitative estimate of drug-likeness (QED) is 0.466. The van der Waals surface area contributed by atoms with Crippen molar-refractivity contribution in [1.82, 2.24) is 0 Å². The van der Waals surface area contributed by atoms with E-state index in [0.29, 0.717) is 19.3 Å². The van der Waals surface area contributed by atoms with Crippen molar-refractivity contribution in [2.75, 3.05) is 0 Å². The molecule has 1 N–H and O–H groups in total. The highest BCUT2D eigenvalue weighted by atomic mass is 16.6. The molecule has 0 spiro atoms. The van der Waals surface area contributed by atoms with Gasteiger partial charge in [-0.05, 0) is 19.3 Å². The van der Waals surface area contributed by atoms with Crippen LogP contribution in [-0.4, -0.2) is 35.0 Å². The van der Waals surface area contributed by atoms with E-state index in [2.05, 4.69) is 9.47 Å². The van der Waals surface area contributed by atoms with E-state index in [-0.39, 0.29) is 11.9 Å². The van der Waals surface area contributed by atoms with E-state index in [1.807, 2.05) is 20.8 Å². The highest BCUT2D eigenvalue weighted by Gasteiger charge is 2.08. The third kappa shape index (κ3) is 35.7. The molecule has 0 heterocycles. The van der Waals surface area contributed by atoms with Crippen LogP contribution in [0.5, 0.6) is 0 Å². The number of rotatable bonds is 9. The highest BCUT2D eigenvalue weighted by molar-refractivity contribution is 5.85. The number of aliphatic carboxylic acids is 1. The van der Waals surface area contributed by atoms with Gasteiger partial charge in [0.25, 0.3) is 0 Å². The SMILES string of the molecule is CC(=O)OC(C)=O.CCCCC(=O)O.CCCCC(=O)OC(=O)CCCC. The maximum absolute atomic E-state index is 10.9. The number of hydrogen-bond acceptors (Lipinski definition) is 7. The molecule has 0 saturated heterocycles.